The Kier molecular flexibility index (Phi) is 3.92. The first-order valence-corrected chi connectivity index (χ1v) is 4.61. The van der Waals surface area contributed by atoms with Crippen molar-refractivity contribution in [2.75, 3.05) is 5.32 Å². The van der Waals surface area contributed by atoms with Crippen LogP contribution in [0.2, 0.25) is 0 Å². The number of aliphatic hydroxyl groups is 1. The number of aliphatic hydroxyl groups excluding tert-OH is 1. The molecular formula is C10H8F3NO4. The van der Waals surface area contributed by atoms with Crippen LogP contribution in [0.15, 0.2) is 24.3 Å². The SMILES string of the molecule is O=C(O)C(O)c1ccc(NC(=O)C(F)(F)F)cc1. The second kappa shape index (κ2) is 5.05. The van der Waals surface area contributed by atoms with Crippen LogP contribution in [0.4, 0.5) is 18.9 Å². The van der Waals surface area contributed by atoms with E-state index in [2.05, 4.69) is 0 Å². The second-order valence-electron chi connectivity index (χ2n) is 3.31. The first kappa shape index (κ1) is 14.0. The van der Waals surface area contributed by atoms with Gasteiger partial charge in [0.1, 0.15) is 0 Å². The minimum absolute atomic E-state index is 0.00694. The van der Waals surface area contributed by atoms with Crippen LogP contribution in [0.3, 0.4) is 0 Å². The van der Waals surface area contributed by atoms with Gasteiger partial charge in [0.2, 0.25) is 0 Å². The van der Waals surface area contributed by atoms with E-state index in [9.17, 15) is 22.8 Å². The van der Waals surface area contributed by atoms with Crippen LogP contribution in [-0.4, -0.2) is 28.3 Å². The van der Waals surface area contributed by atoms with Crippen molar-refractivity contribution in [3.8, 4) is 0 Å². The van der Waals surface area contributed by atoms with Gasteiger partial charge in [0, 0.05) is 5.69 Å². The minimum Gasteiger partial charge on any atom is -0.479 e. The third-order valence-electron chi connectivity index (χ3n) is 1.98. The summed E-state index contributed by atoms with van der Waals surface area (Å²) in [7, 11) is 0. The number of carboxylic acids is 1. The van der Waals surface area contributed by atoms with Gasteiger partial charge in [-0.05, 0) is 17.7 Å². The van der Waals surface area contributed by atoms with Crippen LogP contribution in [0.5, 0.6) is 0 Å². The number of halogens is 3. The highest BCUT2D eigenvalue weighted by atomic mass is 19.4. The van der Waals surface area contributed by atoms with E-state index in [1.807, 2.05) is 0 Å². The highest BCUT2D eigenvalue weighted by Gasteiger charge is 2.38. The molecule has 1 aromatic carbocycles. The first-order chi connectivity index (χ1) is 8.21. The van der Waals surface area contributed by atoms with E-state index in [1.165, 1.54) is 0 Å². The zero-order chi connectivity index (χ0) is 13.9. The number of carboxylic acid groups (broad SMARTS) is 1. The molecule has 0 aliphatic heterocycles. The van der Waals surface area contributed by atoms with E-state index in [0.29, 0.717) is 0 Å². The third-order valence-corrected chi connectivity index (χ3v) is 1.98. The standard InChI is InChI=1S/C10H8F3NO4/c11-10(12,13)9(18)14-6-3-1-5(2-4-6)7(15)8(16)17/h1-4,7,15H,(H,14,18)(H,16,17). The van der Waals surface area contributed by atoms with Gasteiger partial charge >= 0.3 is 18.1 Å². The van der Waals surface area contributed by atoms with Crippen LogP contribution >= 0.6 is 0 Å². The van der Waals surface area contributed by atoms with E-state index in [1.54, 1.807) is 5.32 Å². The molecule has 18 heavy (non-hydrogen) atoms. The normalized spacial score (nSPS) is 12.9. The molecule has 1 unspecified atom stereocenters. The predicted octanol–water partition coefficient (Wildman–Crippen LogP) is 1.31. The maximum absolute atomic E-state index is 11.9. The summed E-state index contributed by atoms with van der Waals surface area (Å²) in [4.78, 5) is 21.0. The summed E-state index contributed by atoms with van der Waals surface area (Å²) in [6.07, 6.45) is -6.77. The van der Waals surface area contributed by atoms with Gasteiger partial charge < -0.3 is 15.5 Å². The van der Waals surface area contributed by atoms with Crippen molar-refractivity contribution in [2.45, 2.75) is 12.3 Å². The molecule has 1 atom stereocenters. The molecule has 3 N–H and O–H groups in total. The van der Waals surface area contributed by atoms with Crippen molar-refractivity contribution >= 4 is 17.6 Å². The van der Waals surface area contributed by atoms with Gasteiger partial charge in [-0.3, -0.25) is 4.79 Å². The average molecular weight is 263 g/mol. The summed E-state index contributed by atoms with van der Waals surface area (Å²) < 4.78 is 35.8. The van der Waals surface area contributed by atoms with Crippen LogP contribution in [0.1, 0.15) is 11.7 Å². The van der Waals surface area contributed by atoms with E-state index >= 15 is 0 Å². The van der Waals surface area contributed by atoms with Gasteiger partial charge in [-0.25, -0.2) is 4.79 Å². The maximum atomic E-state index is 11.9. The summed E-state index contributed by atoms with van der Waals surface area (Å²) in [6, 6.07) is 4.33. The third kappa shape index (κ3) is 3.45. The molecule has 0 fully saturated rings. The van der Waals surface area contributed by atoms with E-state index in [4.69, 9.17) is 10.2 Å². The molecule has 0 saturated carbocycles. The largest absolute Gasteiger partial charge is 0.479 e. The van der Waals surface area contributed by atoms with Gasteiger partial charge in [0.05, 0.1) is 0 Å². The Labute approximate surface area is 98.8 Å². The molecule has 0 aliphatic rings. The fourth-order valence-electron chi connectivity index (χ4n) is 1.09. The molecule has 0 heterocycles. The average Bonchev–Trinajstić information content (AvgIpc) is 2.27. The lowest BCUT2D eigenvalue weighted by Gasteiger charge is -2.09. The highest BCUT2D eigenvalue weighted by molar-refractivity contribution is 5.94. The van der Waals surface area contributed by atoms with Crippen LogP contribution < -0.4 is 5.32 Å². The Hall–Kier alpha value is -2.09. The van der Waals surface area contributed by atoms with E-state index in [-0.39, 0.29) is 11.3 Å². The van der Waals surface area contributed by atoms with E-state index in [0.717, 1.165) is 24.3 Å². The number of hydrogen-bond acceptors (Lipinski definition) is 3. The Bertz CT molecular complexity index is 455. The molecule has 1 amide bonds. The quantitative estimate of drug-likeness (QED) is 0.767. The summed E-state index contributed by atoms with van der Waals surface area (Å²) in [5.74, 6) is -3.61. The number of hydrogen-bond donors (Lipinski definition) is 3. The number of carbonyl (C=O) groups is 2. The van der Waals surface area contributed by atoms with Gasteiger partial charge in [-0.2, -0.15) is 13.2 Å². The lowest BCUT2D eigenvalue weighted by atomic mass is 10.1. The van der Waals surface area contributed by atoms with Gasteiger partial charge in [-0.1, -0.05) is 12.1 Å². The van der Waals surface area contributed by atoms with Crippen molar-refractivity contribution in [3.05, 3.63) is 29.8 Å². The zero-order valence-electron chi connectivity index (χ0n) is 8.73. The lowest BCUT2D eigenvalue weighted by molar-refractivity contribution is -0.167. The number of nitrogens with one attached hydrogen (secondary N) is 1. The molecule has 0 spiro atoms. The zero-order valence-corrected chi connectivity index (χ0v) is 8.73. The van der Waals surface area contributed by atoms with Gasteiger partial charge in [0.15, 0.2) is 6.10 Å². The van der Waals surface area contributed by atoms with Gasteiger partial charge in [0.25, 0.3) is 0 Å². The molecule has 1 aromatic rings. The number of carbonyl (C=O) groups excluding carboxylic acids is 1. The molecule has 8 heteroatoms. The molecule has 0 aromatic heterocycles. The van der Waals surface area contributed by atoms with Crippen LogP contribution in [0.25, 0.3) is 0 Å². The fraction of sp³-hybridized carbons (Fsp3) is 0.200. The van der Waals surface area contributed by atoms with Crippen molar-refractivity contribution < 1.29 is 33.0 Å². The summed E-state index contributed by atoms with van der Waals surface area (Å²) in [5, 5.41) is 19.2. The van der Waals surface area contributed by atoms with E-state index < -0.39 is 24.2 Å². The Morgan fingerprint density at radius 2 is 1.67 bits per heavy atom. The van der Waals surface area contributed by atoms with Crippen molar-refractivity contribution in [1.29, 1.82) is 0 Å². The number of rotatable bonds is 3. The number of amides is 1. The molecule has 0 bridgehead atoms. The number of alkyl halides is 3. The molecule has 1 rings (SSSR count). The van der Waals surface area contributed by atoms with Crippen molar-refractivity contribution in [3.63, 3.8) is 0 Å². The Morgan fingerprint density at radius 1 is 1.17 bits per heavy atom. The highest BCUT2D eigenvalue weighted by Crippen LogP contribution is 2.20. The Morgan fingerprint density at radius 3 is 2.06 bits per heavy atom. The smallest absolute Gasteiger partial charge is 0.471 e. The second-order valence-corrected chi connectivity index (χ2v) is 3.31. The number of anilines is 1. The monoisotopic (exact) mass is 263 g/mol. The summed E-state index contributed by atoms with van der Waals surface area (Å²) in [6.45, 7) is 0. The molecular weight excluding hydrogens is 255 g/mol. The lowest BCUT2D eigenvalue weighted by Crippen LogP contribution is -2.29. The molecule has 0 radical (unpaired) electrons. The topological polar surface area (TPSA) is 86.6 Å². The summed E-state index contributed by atoms with van der Waals surface area (Å²) >= 11 is 0. The van der Waals surface area contributed by atoms with Crippen LogP contribution in [-0.2, 0) is 9.59 Å². The molecule has 98 valence electrons. The number of aliphatic carboxylic acids is 1. The predicted molar refractivity (Wildman–Crippen MR) is 53.7 cm³/mol. The number of benzene rings is 1. The maximum Gasteiger partial charge on any atom is 0.471 e. The minimum atomic E-state index is -5.00. The first-order valence-electron chi connectivity index (χ1n) is 4.61. The van der Waals surface area contributed by atoms with Crippen molar-refractivity contribution in [1.82, 2.24) is 0 Å². The van der Waals surface area contributed by atoms with Gasteiger partial charge in [-0.15, -0.1) is 0 Å². The Balaban J connectivity index is 2.78. The van der Waals surface area contributed by atoms with Crippen LogP contribution in [0, 0.1) is 0 Å². The molecule has 0 aliphatic carbocycles. The molecule has 0 saturated heterocycles. The summed E-state index contributed by atoms with van der Waals surface area (Å²) in [5.41, 5.74) is -0.161. The fourth-order valence-corrected chi connectivity index (χ4v) is 1.09. The van der Waals surface area contributed by atoms with Crippen molar-refractivity contribution in [2.24, 2.45) is 0 Å². The molecule has 5 nitrogen and oxygen atoms in total.